The Hall–Kier alpha value is -2.12. The summed E-state index contributed by atoms with van der Waals surface area (Å²) in [4.78, 5) is 24.2. The monoisotopic (exact) mass is 410 g/mol. The summed E-state index contributed by atoms with van der Waals surface area (Å²) in [5.41, 5.74) is 2.87. The molecule has 1 aliphatic carbocycles. The lowest BCUT2D eigenvalue weighted by atomic mass is 9.60. The number of nitrogens with one attached hydrogen (secondary N) is 1. The number of carbonyl (C=O) groups is 1. The van der Waals surface area contributed by atoms with Gasteiger partial charge in [-0.2, -0.15) is 0 Å². The molecule has 3 aliphatic rings. The molecular weight excluding hydrogens is 384 g/mol. The van der Waals surface area contributed by atoms with Crippen molar-refractivity contribution >= 4 is 29.2 Å². The molecule has 1 saturated carbocycles. The molecule has 1 N–H and O–H groups in total. The first-order valence-electron chi connectivity index (χ1n) is 10.4. The van der Waals surface area contributed by atoms with Crippen LogP contribution in [0.1, 0.15) is 38.2 Å². The van der Waals surface area contributed by atoms with Crippen molar-refractivity contribution in [3.63, 3.8) is 0 Å². The van der Waals surface area contributed by atoms with E-state index in [1.54, 1.807) is 24.2 Å². The van der Waals surface area contributed by atoms with Crippen LogP contribution >= 0.6 is 11.8 Å². The molecule has 0 bridgehead atoms. The van der Waals surface area contributed by atoms with Crippen molar-refractivity contribution in [3.05, 3.63) is 36.2 Å². The predicted molar refractivity (Wildman–Crippen MR) is 112 cm³/mol. The van der Waals surface area contributed by atoms with Gasteiger partial charge in [0.15, 0.2) is 5.82 Å². The molecule has 7 heteroatoms. The highest BCUT2D eigenvalue weighted by Crippen LogP contribution is 2.53. The van der Waals surface area contributed by atoms with Gasteiger partial charge in [0.05, 0.1) is 12.3 Å². The SMILES string of the molecule is CCOC(=O)CC1CC2(CCN(Cc3ccc4c(c3)Nc3nccnc3S4)C2)C1. The molecule has 6 nitrogen and oxygen atoms in total. The molecule has 152 valence electrons. The summed E-state index contributed by atoms with van der Waals surface area (Å²) in [5, 5.41) is 4.35. The number of rotatable bonds is 5. The van der Waals surface area contributed by atoms with Crippen LogP contribution in [-0.4, -0.2) is 40.5 Å². The molecule has 1 saturated heterocycles. The molecule has 2 fully saturated rings. The molecule has 3 heterocycles. The first-order valence-corrected chi connectivity index (χ1v) is 11.2. The van der Waals surface area contributed by atoms with E-state index < -0.39 is 0 Å². The van der Waals surface area contributed by atoms with Gasteiger partial charge in [-0.1, -0.05) is 17.8 Å². The smallest absolute Gasteiger partial charge is 0.306 e. The fourth-order valence-electron chi connectivity index (χ4n) is 5.10. The van der Waals surface area contributed by atoms with Crippen molar-refractivity contribution < 1.29 is 9.53 Å². The number of aromatic nitrogens is 2. The van der Waals surface area contributed by atoms with Crippen molar-refractivity contribution in [2.24, 2.45) is 11.3 Å². The maximum Gasteiger partial charge on any atom is 0.306 e. The number of carbonyl (C=O) groups excluding carboxylic acids is 1. The minimum absolute atomic E-state index is 0.0344. The van der Waals surface area contributed by atoms with Gasteiger partial charge in [-0.25, -0.2) is 9.97 Å². The zero-order valence-corrected chi connectivity index (χ0v) is 17.5. The van der Waals surface area contributed by atoms with Gasteiger partial charge >= 0.3 is 5.97 Å². The number of hydrogen-bond acceptors (Lipinski definition) is 7. The summed E-state index contributed by atoms with van der Waals surface area (Å²) in [6.45, 7) is 5.60. The minimum atomic E-state index is -0.0344. The lowest BCUT2D eigenvalue weighted by molar-refractivity contribution is -0.146. The molecular formula is C22H26N4O2S. The summed E-state index contributed by atoms with van der Waals surface area (Å²) < 4.78 is 5.10. The van der Waals surface area contributed by atoms with Gasteiger partial charge in [-0.3, -0.25) is 9.69 Å². The molecule has 2 aliphatic heterocycles. The van der Waals surface area contributed by atoms with E-state index in [0.29, 0.717) is 24.4 Å². The molecule has 1 aromatic heterocycles. The van der Waals surface area contributed by atoms with Crippen LogP contribution in [-0.2, 0) is 16.1 Å². The highest BCUT2D eigenvalue weighted by atomic mass is 32.2. The van der Waals surface area contributed by atoms with Gasteiger partial charge in [0.1, 0.15) is 5.03 Å². The van der Waals surface area contributed by atoms with Crippen LogP contribution in [0, 0.1) is 11.3 Å². The second-order valence-electron chi connectivity index (χ2n) is 8.51. The van der Waals surface area contributed by atoms with Gasteiger partial charge in [-0.15, -0.1) is 0 Å². The second-order valence-corrected chi connectivity index (χ2v) is 9.54. The standard InChI is InChI=1S/C22H26N4O2S/c1-2-28-19(27)10-16-11-22(12-16)5-8-26(14-22)13-15-3-4-18-17(9-15)25-20-21(29-18)24-7-6-23-20/h3-4,6-7,9,16H,2,5,8,10-14H2,1H3,(H,23,25). The number of nitrogens with zero attached hydrogens (tertiary/aromatic N) is 3. The maximum absolute atomic E-state index is 11.7. The van der Waals surface area contributed by atoms with E-state index in [0.717, 1.165) is 36.2 Å². The van der Waals surface area contributed by atoms with Gasteiger partial charge in [-0.05, 0) is 61.8 Å². The van der Waals surface area contributed by atoms with Gasteiger partial charge in [0.2, 0.25) is 0 Å². The first-order chi connectivity index (χ1) is 14.1. The fraction of sp³-hybridized carbons (Fsp3) is 0.500. The fourth-order valence-corrected chi connectivity index (χ4v) is 5.98. The average Bonchev–Trinajstić information content (AvgIpc) is 3.10. The van der Waals surface area contributed by atoms with Crippen LogP contribution in [0.25, 0.3) is 0 Å². The molecule has 2 aromatic rings. The predicted octanol–water partition coefficient (Wildman–Crippen LogP) is 4.24. The van der Waals surface area contributed by atoms with E-state index in [1.165, 1.54) is 29.7 Å². The highest BCUT2D eigenvalue weighted by molar-refractivity contribution is 7.99. The van der Waals surface area contributed by atoms with E-state index in [1.807, 2.05) is 6.92 Å². The van der Waals surface area contributed by atoms with Crippen LogP contribution in [0.15, 0.2) is 40.5 Å². The number of likely N-dealkylation sites (tertiary alicyclic amines) is 1. The number of hydrogen-bond donors (Lipinski definition) is 1. The number of anilines is 2. The summed E-state index contributed by atoms with van der Waals surface area (Å²) >= 11 is 1.67. The Bertz CT molecular complexity index is 929. The van der Waals surface area contributed by atoms with Crippen LogP contribution in [0.5, 0.6) is 0 Å². The molecule has 5 rings (SSSR count). The minimum Gasteiger partial charge on any atom is -0.466 e. The van der Waals surface area contributed by atoms with E-state index >= 15 is 0 Å². The number of benzene rings is 1. The molecule has 0 unspecified atom stereocenters. The van der Waals surface area contributed by atoms with Gasteiger partial charge in [0, 0.05) is 36.8 Å². The molecule has 0 atom stereocenters. The van der Waals surface area contributed by atoms with E-state index in [-0.39, 0.29) is 5.97 Å². The highest BCUT2D eigenvalue weighted by Gasteiger charge is 2.48. The third kappa shape index (κ3) is 3.85. The lowest BCUT2D eigenvalue weighted by Crippen LogP contribution is -2.40. The van der Waals surface area contributed by atoms with Crippen molar-refractivity contribution in [1.29, 1.82) is 0 Å². The molecule has 1 aromatic carbocycles. The van der Waals surface area contributed by atoms with Crippen LogP contribution in [0.4, 0.5) is 11.5 Å². The lowest BCUT2D eigenvalue weighted by Gasteiger charge is -2.45. The van der Waals surface area contributed by atoms with E-state index in [4.69, 9.17) is 4.74 Å². The Labute approximate surface area is 175 Å². The normalized spacial score (nSPS) is 25.1. The average molecular weight is 411 g/mol. The van der Waals surface area contributed by atoms with Crippen LogP contribution in [0.3, 0.4) is 0 Å². The van der Waals surface area contributed by atoms with Crippen molar-refractivity contribution in [2.45, 2.75) is 49.1 Å². The zero-order valence-electron chi connectivity index (χ0n) is 16.7. The second kappa shape index (κ2) is 7.61. The number of ether oxygens (including phenoxy) is 1. The Morgan fingerprint density at radius 3 is 3.07 bits per heavy atom. The molecule has 1 spiro atoms. The van der Waals surface area contributed by atoms with E-state index in [2.05, 4.69) is 38.4 Å². The Kier molecular flexibility index (Phi) is 4.95. The third-order valence-corrected chi connectivity index (χ3v) is 7.36. The summed E-state index contributed by atoms with van der Waals surface area (Å²) in [6.07, 6.45) is 7.62. The Morgan fingerprint density at radius 2 is 2.21 bits per heavy atom. The van der Waals surface area contributed by atoms with Gasteiger partial charge in [0.25, 0.3) is 0 Å². The quantitative estimate of drug-likeness (QED) is 0.631. The number of esters is 1. The van der Waals surface area contributed by atoms with E-state index in [9.17, 15) is 4.79 Å². The van der Waals surface area contributed by atoms with Crippen molar-refractivity contribution in [1.82, 2.24) is 14.9 Å². The molecule has 29 heavy (non-hydrogen) atoms. The van der Waals surface area contributed by atoms with Gasteiger partial charge < -0.3 is 10.1 Å². The number of fused-ring (bicyclic) bond motifs is 2. The molecule has 0 radical (unpaired) electrons. The van der Waals surface area contributed by atoms with Crippen LogP contribution in [0.2, 0.25) is 0 Å². The van der Waals surface area contributed by atoms with Crippen molar-refractivity contribution in [3.8, 4) is 0 Å². The van der Waals surface area contributed by atoms with Crippen LogP contribution < -0.4 is 5.32 Å². The topological polar surface area (TPSA) is 67.3 Å². The largest absolute Gasteiger partial charge is 0.466 e. The summed E-state index contributed by atoms with van der Waals surface area (Å²) in [6, 6.07) is 6.66. The molecule has 0 amide bonds. The Morgan fingerprint density at radius 1 is 1.34 bits per heavy atom. The third-order valence-electron chi connectivity index (χ3n) is 6.30. The first kappa shape index (κ1) is 18.9. The maximum atomic E-state index is 11.7. The summed E-state index contributed by atoms with van der Waals surface area (Å²) in [7, 11) is 0. The summed E-state index contributed by atoms with van der Waals surface area (Å²) in [5.74, 6) is 1.32. The Balaban J connectivity index is 1.17. The zero-order chi connectivity index (χ0) is 19.8. The van der Waals surface area contributed by atoms with Crippen molar-refractivity contribution in [2.75, 3.05) is 25.0 Å².